The zero-order valence-electron chi connectivity index (χ0n) is 49.9. The lowest BCUT2D eigenvalue weighted by Gasteiger charge is -2.42. The fourth-order valence-electron chi connectivity index (χ4n) is 13.9. The molecule has 12 atom stereocenters. The molecule has 2 aliphatic carbocycles. The normalized spacial score (nSPS) is 23.9. The van der Waals surface area contributed by atoms with Crippen LogP contribution in [-0.2, 0) is 73.9 Å². The smallest absolute Gasteiger partial charge is 0.326 e. The number of nitrogens with two attached hydrogens (primary N) is 4. The fraction of sp³-hybridized carbons (Fsp3) is 0.600. The minimum atomic E-state index is -1.58. The highest BCUT2D eigenvalue weighted by atomic mass is 16.4. The second-order valence-corrected chi connectivity index (χ2v) is 24.0. The Morgan fingerprint density at radius 2 is 0.876 bits per heavy atom. The standard InChI is InChI=1S/C60H85N15O14/c61-59(62)66-21-9-17-39(57(86)87)70-51(80)45-25-35-13-5-7-19-43(35)74(45)55(84)47-23-33-11-1-3-15-37(33)29-72(47)53(82)41(31-76)68-49(78)27-65-28-50(79)69-42(32-77)54(83)73-30-38-16-4-2-12-34(38)24-48(73)56(85)75-44-20-8-6-14-36(44)26-46(75)52(81)71-40(58(88)89)18-10-22-67-60(63)64/h1-4,11-12,15-16,35-36,39-48,65,76-77H,5-10,13-14,17-32H2,(H,68,78)(H,69,79)(H,70,80)(H,71,81)(H,86,87)(H,88,89)(H4,61,62,66)(H4,63,64,67)/t35?,36?,39-,40-,41-,42-,43?,44?,45-,46-,47+,48+/m0/s1. The van der Waals surface area contributed by atoms with E-state index >= 15 is 9.59 Å². The zero-order chi connectivity index (χ0) is 64.1. The van der Waals surface area contributed by atoms with E-state index in [0.717, 1.165) is 49.7 Å². The van der Waals surface area contributed by atoms with Crippen LogP contribution in [0.15, 0.2) is 58.5 Å². The van der Waals surface area contributed by atoms with Crippen molar-refractivity contribution < 1.29 is 68.4 Å². The average molecular weight is 1240 g/mol. The first-order valence-corrected chi connectivity index (χ1v) is 30.8. The Hall–Kier alpha value is -8.44. The third-order valence-corrected chi connectivity index (χ3v) is 18.2. The summed E-state index contributed by atoms with van der Waals surface area (Å²) >= 11 is 0. The summed E-state index contributed by atoms with van der Waals surface area (Å²) in [5, 5.41) is 54.4. The minimum Gasteiger partial charge on any atom is -0.480 e. The molecule has 8 rings (SSSR count). The number of benzene rings is 2. The van der Waals surface area contributed by atoms with Crippen LogP contribution in [0.4, 0.5) is 0 Å². The van der Waals surface area contributed by atoms with Crippen LogP contribution in [0.2, 0.25) is 0 Å². The van der Waals surface area contributed by atoms with Crippen molar-refractivity contribution in [3.63, 3.8) is 0 Å². The molecule has 0 radical (unpaired) electrons. The number of amides is 8. The van der Waals surface area contributed by atoms with E-state index in [-0.39, 0.29) is 113 Å². The lowest BCUT2D eigenvalue weighted by molar-refractivity contribution is -0.153. The summed E-state index contributed by atoms with van der Waals surface area (Å²) in [7, 11) is 0. The first-order chi connectivity index (χ1) is 42.7. The Bertz CT molecular complexity index is 2820. The van der Waals surface area contributed by atoms with Crippen LogP contribution in [0.1, 0.15) is 112 Å². The molecule has 2 saturated heterocycles. The van der Waals surface area contributed by atoms with Gasteiger partial charge in [0.1, 0.15) is 48.3 Å². The minimum absolute atomic E-state index is 0.0101. The Labute approximate surface area is 515 Å². The highest BCUT2D eigenvalue weighted by Crippen LogP contribution is 2.43. The second-order valence-electron chi connectivity index (χ2n) is 24.0. The van der Waals surface area contributed by atoms with Crippen molar-refractivity contribution >= 4 is 71.1 Å². The number of rotatable bonds is 26. The number of nitrogens with zero attached hydrogens (tertiary/aromatic N) is 6. The number of carboxylic acids is 2. The molecule has 2 aromatic rings. The Morgan fingerprint density at radius 3 is 1.24 bits per heavy atom. The van der Waals surface area contributed by atoms with Crippen LogP contribution < -0.4 is 49.5 Å². The van der Waals surface area contributed by atoms with E-state index in [1.165, 1.54) is 19.6 Å². The molecule has 0 bridgehead atoms. The molecule has 2 aromatic carbocycles. The van der Waals surface area contributed by atoms with E-state index in [4.69, 9.17) is 22.9 Å². The van der Waals surface area contributed by atoms with Crippen LogP contribution >= 0.6 is 0 Å². The molecule has 4 aliphatic heterocycles. The number of likely N-dealkylation sites (tertiary alicyclic amines) is 2. The summed E-state index contributed by atoms with van der Waals surface area (Å²) < 4.78 is 0. The summed E-state index contributed by atoms with van der Waals surface area (Å²) in [6.07, 6.45) is 7.08. The van der Waals surface area contributed by atoms with Gasteiger partial charge in [-0.05, 0) is 98.3 Å². The number of aliphatic hydroxyl groups excluding tert-OH is 2. The molecule has 89 heavy (non-hydrogen) atoms. The summed E-state index contributed by atoms with van der Waals surface area (Å²) in [5.41, 5.74) is 24.7. The summed E-state index contributed by atoms with van der Waals surface area (Å²) in [4.78, 5) is 153. The molecule has 0 aromatic heterocycles. The highest BCUT2D eigenvalue weighted by molar-refractivity contribution is 5.98. The van der Waals surface area contributed by atoms with E-state index in [1.54, 1.807) is 36.4 Å². The lowest BCUT2D eigenvalue weighted by Crippen LogP contribution is -2.62. The van der Waals surface area contributed by atoms with E-state index in [0.29, 0.717) is 24.0 Å². The Balaban J connectivity index is 0.912. The number of nitrogens with one attached hydrogen (secondary N) is 5. The Kier molecular flexibility index (Phi) is 22.9. The van der Waals surface area contributed by atoms with Crippen molar-refractivity contribution in [3.8, 4) is 0 Å². The van der Waals surface area contributed by atoms with Crippen molar-refractivity contribution in [3.05, 3.63) is 70.8 Å². The Morgan fingerprint density at radius 1 is 0.506 bits per heavy atom. The third-order valence-electron chi connectivity index (χ3n) is 18.2. The predicted octanol–water partition coefficient (Wildman–Crippen LogP) is -3.00. The molecule has 2 saturated carbocycles. The van der Waals surface area contributed by atoms with Gasteiger partial charge in [0.2, 0.25) is 47.3 Å². The molecule has 0 spiro atoms. The number of hydrogen-bond acceptors (Lipinski definition) is 15. The lowest BCUT2D eigenvalue weighted by atomic mass is 9.84. The van der Waals surface area contributed by atoms with Crippen molar-refractivity contribution in [1.82, 2.24) is 46.2 Å². The number of aliphatic carboxylic acids is 2. The van der Waals surface area contributed by atoms with E-state index in [2.05, 4.69) is 36.6 Å². The second kappa shape index (κ2) is 30.7. The molecule has 29 heteroatoms. The zero-order valence-corrected chi connectivity index (χ0v) is 49.9. The molecule has 29 nitrogen and oxygen atoms in total. The summed E-state index contributed by atoms with van der Waals surface area (Å²) in [5.74, 6) is -8.66. The van der Waals surface area contributed by atoms with Crippen molar-refractivity contribution in [2.24, 2.45) is 44.8 Å². The van der Waals surface area contributed by atoms with Crippen molar-refractivity contribution in [1.29, 1.82) is 0 Å². The van der Waals surface area contributed by atoms with Gasteiger partial charge in [0.05, 0.1) is 26.3 Å². The number of guanidine groups is 2. The van der Waals surface area contributed by atoms with Gasteiger partial charge in [-0.1, -0.05) is 74.2 Å². The van der Waals surface area contributed by atoms with Gasteiger partial charge in [-0.3, -0.25) is 53.7 Å². The van der Waals surface area contributed by atoms with Gasteiger partial charge < -0.3 is 84.2 Å². The molecule has 4 unspecified atom stereocenters. The fourth-order valence-corrected chi connectivity index (χ4v) is 13.9. The number of aliphatic imine (C=N–C) groups is 2. The van der Waals surface area contributed by atoms with Crippen LogP contribution in [-0.4, -0.2) is 211 Å². The highest BCUT2D eigenvalue weighted by Gasteiger charge is 2.53. The van der Waals surface area contributed by atoms with Crippen LogP contribution in [0.3, 0.4) is 0 Å². The number of hydrogen-bond donors (Lipinski definition) is 13. The van der Waals surface area contributed by atoms with Gasteiger partial charge in [-0.2, -0.15) is 0 Å². The van der Waals surface area contributed by atoms with E-state index in [1.807, 2.05) is 12.1 Å². The van der Waals surface area contributed by atoms with E-state index in [9.17, 15) is 58.8 Å². The first kappa shape index (κ1) is 66.5. The first-order valence-electron chi connectivity index (χ1n) is 30.8. The molecular weight excluding hydrogens is 1150 g/mol. The monoisotopic (exact) mass is 1240 g/mol. The van der Waals surface area contributed by atoms with Gasteiger partial charge in [0, 0.05) is 51.1 Å². The molecule has 4 fully saturated rings. The number of carboxylic acid groups (broad SMARTS) is 2. The van der Waals surface area contributed by atoms with Crippen molar-refractivity contribution in [2.45, 2.75) is 176 Å². The number of carbonyl (C=O) groups excluding carboxylic acids is 8. The topological polar surface area (TPSA) is 454 Å². The largest absolute Gasteiger partial charge is 0.480 e. The molecule has 484 valence electrons. The summed E-state index contributed by atoms with van der Waals surface area (Å²) in [6.45, 7) is -2.87. The van der Waals surface area contributed by atoms with Crippen LogP contribution in [0.25, 0.3) is 0 Å². The number of aliphatic hydroxyl groups is 2. The SMILES string of the molecule is NC(N)=NCCC[C@H](NC(=O)[C@@H]1CC2CCCCC2N1C(=O)[C@H]1Cc2ccccc2CN1C(=O)[C@H](CO)NC(=O)CNCC(=O)N[C@@H](CO)C(=O)N1Cc2ccccc2C[C@@H]1C(=O)N1C2CCCCC2C[C@H]1C(=O)N[C@@H](CCCN=C(N)N)C(=O)O)C(=O)O. The van der Waals surface area contributed by atoms with Gasteiger partial charge in [0.25, 0.3) is 0 Å². The quantitative estimate of drug-likeness (QED) is 0.0254. The molecule has 17 N–H and O–H groups in total. The predicted molar refractivity (Wildman–Crippen MR) is 321 cm³/mol. The average Bonchev–Trinajstić information content (AvgIpc) is 1.78. The van der Waals surface area contributed by atoms with Gasteiger partial charge in [-0.25, -0.2) is 9.59 Å². The maximum atomic E-state index is 15.2. The molecule has 8 amide bonds. The van der Waals surface area contributed by atoms with Crippen LogP contribution in [0.5, 0.6) is 0 Å². The molecule has 6 aliphatic rings. The third kappa shape index (κ3) is 16.3. The van der Waals surface area contributed by atoms with Gasteiger partial charge in [0.15, 0.2) is 11.9 Å². The number of fused-ring (bicyclic) bond motifs is 4. The van der Waals surface area contributed by atoms with Gasteiger partial charge in [-0.15, -0.1) is 0 Å². The molecule has 4 heterocycles. The maximum Gasteiger partial charge on any atom is 0.326 e. The molecular formula is C60H85N15O14. The van der Waals surface area contributed by atoms with E-state index < -0.39 is 134 Å². The number of carbonyl (C=O) groups is 10. The van der Waals surface area contributed by atoms with Crippen molar-refractivity contribution in [2.75, 3.05) is 39.4 Å². The van der Waals surface area contributed by atoms with Crippen LogP contribution in [0, 0.1) is 11.8 Å². The maximum absolute atomic E-state index is 15.2. The van der Waals surface area contributed by atoms with Gasteiger partial charge >= 0.3 is 11.9 Å². The summed E-state index contributed by atoms with van der Waals surface area (Å²) in [6, 6.07) is 3.34.